The fourth-order valence-electron chi connectivity index (χ4n) is 2.26. The molecule has 0 saturated carbocycles. The standard InChI is InChI=1S/C18H24N4O3/c1-3-22(4-2)9-10-25-15-7-5-14(6-8-15)11-20-17-13-19-16(12-21-17)18(23)24/h5-8,12-13H,3-4,9-11H2,1-2H3,(H,20,21)(H,23,24). The zero-order valence-electron chi connectivity index (χ0n) is 14.6. The minimum Gasteiger partial charge on any atom is -0.492 e. The van der Waals surface area contributed by atoms with E-state index in [0.29, 0.717) is 19.0 Å². The maximum absolute atomic E-state index is 10.7. The van der Waals surface area contributed by atoms with Crippen molar-refractivity contribution in [3.8, 4) is 5.75 Å². The van der Waals surface area contributed by atoms with E-state index in [1.54, 1.807) is 0 Å². The second-order valence-corrected chi connectivity index (χ2v) is 5.46. The summed E-state index contributed by atoms with van der Waals surface area (Å²) in [7, 11) is 0. The van der Waals surface area contributed by atoms with E-state index in [9.17, 15) is 4.79 Å². The number of hydrogen-bond acceptors (Lipinski definition) is 6. The van der Waals surface area contributed by atoms with Crippen molar-refractivity contribution in [2.45, 2.75) is 20.4 Å². The summed E-state index contributed by atoms with van der Waals surface area (Å²) in [5.74, 6) is 0.293. The van der Waals surface area contributed by atoms with Crippen LogP contribution < -0.4 is 10.1 Å². The Bertz CT molecular complexity index is 655. The zero-order valence-corrected chi connectivity index (χ0v) is 14.6. The molecule has 0 fully saturated rings. The molecule has 2 N–H and O–H groups in total. The maximum atomic E-state index is 10.7. The number of anilines is 1. The summed E-state index contributed by atoms with van der Waals surface area (Å²) < 4.78 is 5.75. The van der Waals surface area contributed by atoms with Gasteiger partial charge in [-0.25, -0.2) is 14.8 Å². The molecule has 0 atom stereocenters. The van der Waals surface area contributed by atoms with E-state index in [1.807, 2.05) is 24.3 Å². The molecule has 1 heterocycles. The Morgan fingerprint density at radius 2 is 1.88 bits per heavy atom. The Kier molecular flexibility index (Phi) is 7.16. The molecule has 0 aliphatic heterocycles. The van der Waals surface area contributed by atoms with Crippen molar-refractivity contribution in [3.63, 3.8) is 0 Å². The summed E-state index contributed by atoms with van der Waals surface area (Å²) >= 11 is 0. The highest BCUT2D eigenvalue weighted by Gasteiger charge is 2.05. The van der Waals surface area contributed by atoms with Crippen molar-refractivity contribution in [1.82, 2.24) is 14.9 Å². The largest absolute Gasteiger partial charge is 0.492 e. The first kappa shape index (κ1) is 18.7. The van der Waals surface area contributed by atoms with Gasteiger partial charge in [0.15, 0.2) is 5.69 Å². The Hall–Kier alpha value is -2.67. The van der Waals surface area contributed by atoms with Crippen LogP contribution in [0.2, 0.25) is 0 Å². The second-order valence-electron chi connectivity index (χ2n) is 5.46. The van der Waals surface area contributed by atoms with Gasteiger partial charge in [-0.3, -0.25) is 0 Å². The van der Waals surface area contributed by atoms with Crippen LogP contribution >= 0.6 is 0 Å². The van der Waals surface area contributed by atoms with E-state index >= 15 is 0 Å². The molecular weight excluding hydrogens is 320 g/mol. The molecule has 2 aromatic rings. The first-order valence-electron chi connectivity index (χ1n) is 8.35. The normalized spacial score (nSPS) is 10.7. The van der Waals surface area contributed by atoms with Crippen molar-refractivity contribution in [2.24, 2.45) is 0 Å². The Morgan fingerprint density at radius 1 is 1.16 bits per heavy atom. The maximum Gasteiger partial charge on any atom is 0.356 e. The van der Waals surface area contributed by atoms with E-state index in [-0.39, 0.29) is 5.69 Å². The van der Waals surface area contributed by atoms with Gasteiger partial charge in [0.05, 0.1) is 12.4 Å². The Morgan fingerprint density at radius 3 is 2.44 bits per heavy atom. The molecule has 0 amide bonds. The minimum absolute atomic E-state index is 0.0724. The van der Waals surface area contributed by atoms with Gasteiger partial charge in [0, 0.05) is 13.1 Å². The Labute approximate surface area is 147 Å². The van der Waals surface area contributed by atoms with Crippen molar-refractivity contribution in [3.05, 3.63) is 47.9 Å². The lowest BCUT2D eigenvalue weighted by Gasteiger charge is -2.18. The molecule has 7 heteroatoms. The summed E-state index contributed by atoms with van der Waals surface area (Å²) in [6, 6.07) is 7.86. The highest BCUT2D eigenvalue weighted by atomic mass is 16.5. The van der Waals surface area contributed by atoms with Crippen LogP contribution in [0.5, 0.6) is 5.75 Å². The molecule has 7 nitrogen and oxygen atoms in total. The van der Waals surface area contributed by atoms with Crippen LogP contribution in [0.1, 0.15) is 29.9 Å². The molecule has 134 valence electrons. The minimum atomic E-state index is -1.09. The number of benzene rings is 1. The van der Waals surface area contributed by atoms with Crippen molar-refractivity contribution < 1.29 is 14.6 Å². The molecule has 0 unspecified atom stereocenters. The molecule has 0 radical (unpaired) electrons. The monoisotopic (exact) mass is 344 g/mol. The third-order valence-corrected chi connectivity index (χ3v) is 3.84. The van der Waals surface area contributed by atoms with E-state index in [1.165, 1.54) is 12.4 Å². The van der Waals surface area contributed by atoms with Gasteiger partial charge >= 0.3 is 5.97 Å². The van der Waals surface area contributed by atoms with Crippen LogP contribution in [0, 0.1) is 0 Å². The van der Waals surface area contributed by atoms with Gasteiger partial charge in [-0.05, 0) is 30.8 Å². The fraction of sp³-hybridized carbons (Fsp3) is 0.389. The van der Waals surface area contributed by atoms with Gasteiger partial charge in [0.1, 0.15) is 18.2 Å². The summed E-state index contributed by atoms with van der Waals surface area (Å²) in [6.45, 7) is 8.50. The van der Waals surface area contributed by atoms with Crippen LogP contribution in [-0.2, 0) is 6.54 Å². The zero-order chi connectivity index (χ0) is 18.1. The molecule has 0 aliphatic carbocycles. The van der Waals surface area contributed by atoms with E-state index in [2.05, 4.69) is 34.0 Å². The molecule has 0 spiro atoms. The van der Waals surface area contributed by atoms with Crippen LogP contribution in [0.25, 0.3) is 0 Å². The highest BCUT2D eigenvalue weighted by Crippen LogP contribution is 2.13. The first-order chi connectivity index (χ1) is 12.1. The molecule has 2 rings (SSSR count). The fourth-order valence-corrected chi connectivity index (χ4v) is 2.26. The van der Waals surface area contributed by atoms with Gasteiger partial charge < -0.3 is 20.1 Å². The van der Waals surface area contributed by atoms with Crippen LogP contribution in [0.4, 0.5) is 5.82 Å². The molecule has 1 aromatic heterocycles. The van der Waals surface area contributed by atoms with Crippen molar-refractivity contribution in [2.75, 3.05) is 31.6 Å². The number of hydrogen-bond donors (Lipinski definition) is 2. The summed E-state index contributed by atoms with van der Waals surface area (Å²) in [6.07, 6.45) is 2.64. The predicted octanol–water partition coefficient (Wildman–Crippen LogP) is 2.51. The number of aromatic carboxylic acids is 1. The lowest BCUT2D eigenvalue weighted by atomic mass is 10.2. The SMILES string of the molecule is CCN(CC)CCOc1ccc(CNc2cnc(C(=O)O)cn2)cc1. The number of aromatic nitrogens is 2. The average molecular weight is 344 g/mol. The lowest BCUT2D eigenvalue weighted by Crippen LogP contribution is -2.27. The van der Waals surface area contributed by atoms with Crippen molar-refractivity contribution >= 4 is 11.8 Å². The highest BCUT2D eigenvalue weighted by molar-refractivity contribution is 5.84. The number of carboxylic acids is 1. The number of nitrogens with zero attached hydrogens (tertiary/aromatic N) is 3. The number of carboxylic acid groups (broad SMARTS) is 1. The van der Waals surface area contributed by atoms with Gasteiger partial charge in [0.2, 0.25) is 0 Å². The summed E-state index contributed by atoms with van der Waals surface area (Å²) in [5, 5.41) is 11.9. The van der Waals surface area contributed by atoms with Crippen molar-refractivity contribution in [1.29, 1.82) is 0 Å². The third-order valence-electron chi connectivity index (χ3n) is 3.84. The number of ether oxygens (including phenoxy) is 1. The number of likely N-dealkylation sites (N-methyl/N-ethyl adjacent to an activating group) is 1. The second kappa shape index (κ2) is 9.58. The topological polar surface area (TPSA) is 87.6 Å². The lowest BCUT2D eigenvalue weighted by molar-refractivity contribution is 0.0690. The van der Waals surface area contributed by atoms with E-state index in [0.717, 1.165) is 30.9 Å². The van der Waals surface area contributed by atoms with Crippen LogP contribution in [-0.4, -0.2) is 52.2 Å². The number of rotatable bonds is 10. The average Bonchev–Trinajstić information content (AvgIpc) is 2.65. The van der Waals surface area contributed by atoms with E-state index < -0.39 is 5.97 Å². The number of carbonyl (C=O) groups is 1. The quantitative estimate of drug-likeness (QED) is 0.684. The van der Waals surface area contributed by atoms with E-state index in [4.69, 9.17) is 9.84 Å². The number of nitrogens with one attached hydrogen (secondary N) is 1. The van der Waals surface area contributed by atoms with Crippen LogP contribution in [0.3, 0.4) is 0 Å². The predicted molar refractivity (Wildman–Crippen MR) is 96.0 cm³/mol. The third kappa shape index (κ3) is 6.04. The molecule has 0 bridgehead atoms. The molecule has 0 saturated heterocycles. The Balaban J connectivity index is 1.79. The van der Waals surface area contributed by atoms with Gasteiger partial charge in [-0.15, -0.1) is 0 Å². The van der Waals surface area contributed by atoms with Gasteiger partial charge in [-0.2, -0.15) is 0 Å². The first-order valence-corrected chi connectivity index (χ1v) is 8.35. The smallest absolute Gasteiger partial charge is 0.356 e. The molecule has 25 heavy (non-hydrogen) atoms. The van der Waals surface area contributed by atoms with Gasteiger partial charge in [-0.1, -0.05) is 26.0 Å². The summed E-state index contributed by atoms with van der Waals surface area (Å²) in [5.41, 5.74) is 0.997. The summed E-state index contributed by atoms with van der Waals surface area (Å²) in [4.78, 5) is 20.9. The molecule has 0 aliphatic rings. The molecular formula is C18H24N4O3. The van der Waals surface area contributed by atoms with Gasteiger partial charge in [0.25, 0.3) is 0 Å². The van der Waals surface area contributed by atoms with Crippen LogP contribution in [0.15, 0.2) is 36.7 Å². The molecule has 1 aromatic carbocycles.